The first kappa shape index (κ1) is 24.8. The lowest BCUT2D eigenvalue weighted by Gasteiger charge is -2.53. The number of aliphatic hydroxyl groups excluding tert-OH is 2. The number of hydrogen-bond acceptors (Lipinski definition) is 6. The monoisotopic (exact) mass is 457 g/mol. The van der Waals surface area contributed by atoms with Gasteiger partial charge in [-0.2, -0.15) is 0 Å². The minimum atomic E-state index is -0.625. The van der Waals surface area contributed by atoms with Crippen molar-refractivity contribution in [1.82, 2.24) is 9.80 Å². The second-order valence-corrected chi connectivity index (χ2v) is 11.0. The molecule has 1 aliphatic heterocycles. The summed E-state index contributed by atoms with van der Waals surface area (Å²) in [6, 6.07) is 0.257. The Morgan fingerprint density at radius 3 is 2.55 bits per heavy atom. The number of piperazine rings is 1. The number of fused-ring (bicyclic) bond motifs is 1. The maximum Gasteiger partial charge on any atom is 0.179 e. The van der Waals surface area contributed by atoms with Gasteiger partial charge in [0.15, 0.2) is 5.78 Å². The zero-order chi connectivity index (χ0) is 23.7. The van der Waals surface area contributed by atoms with E-state index >= 15 is 0 Å². The number of hydrogen-bond donors (Lipinski definition) is 3. The van der Waals surface area contributed by atoms with Crippen LogP contribution in [0.5, 0.6) is 0 Å². The van der Waals surface area contributed by atoms with Crippen molar-refractivity contribution in [1.29, 1.82) is 5.41 Å². The predicted octanol–water partition coefficient (Wildman–Crippen LogP) is 2.90. The summed E-state index contributed by atoms with van der Waals surface area (Å²) in [5.74, 6) is -0.319. The number of aliphatic hydroxyl groups is 2. The molecule has 0 aromatic rings. The van der Waals surface area contributed by atoms with Gasteiger partial charge in [-0.1, -0.05) is 44.6 Å². The Bertz CT molecular complexity index is 773. The van der Waals surface area contributed by atoms with Crippen LogP contribution < -0.4 is 0 Å². The molecule has 0 aromatic carbocycles. The van der Waals surface area contributed by atoms with Gasteiger partial charge >= 0.3 is 0 Å². The van der Waals surface area contributed by atoms with Crippen molar-refractivity contribution in [3.8, 4) is 0 Å². The minimum absolute atomic E-state index is 0.0142. The molecule has 4 aliphatic rings. The molecule has 8 atom stereocenters. The second-order valence-electron chi connectivity index (χ2n) is 11.0. The Kier molecular flexibility index (Phi) is 7.89. The van der Waals surface area contributed by atoms with Crippen LogP contribution in [0.25, 0.3) is 0 Å². The van der Waals surface area contributed by atoms with Crippen molar-refractivity contribution in [2.45, 2.75) is 70.6 Å². The number of Topliss-reactive ketones (excluding diaryl/α,β-unsaturated/α-hetero) is 1. The highest BCUT2D eigenvalue weighted by molar-refractivity contribution is 6.39. The normalized spacial score (nSPS) is 41.2. The molecule has 3 fully saturated rings. The fourth-order valence-corrected chi connectivity index (χ4v) is 6.94. The molecule has 1 saturated heterocycles. The van der Waals surface area contributed by atoms with Crippen molar-refractivity contribution in [2.24, 2.45) is 29.6 Å². The fourth-order valence-electron chi connectivity index (χ4n) is 6.94. The van der Waals surface area contributed by atoms with E-state index in [0.29, 0.717) is 19.3 Å². The standard InChI is InChI=1S/C27H43N3O3/c1-4-5-10-29-11-13-30(14-12-29)23-9-6-17(2)25-24(23)18(3)15-21(27(25)33)20-8-7-19(31)16-22(28)26(20)32/h6,9,17,19-21,23-25,27-28,31,33H,3-5,7-8,10-16H2,1-2H3/t17-,19?,20?,21?,23?,24?,25-,27?/m0/s1. The maximum atomic E-state index is 13.0. The molecule has 6 heteroatoms. The number of allylic oxidation sites excluding steroid dienone is 1. The van der Waals surface area contributed by atoms with E-state index < -0.39 is 12.2 Å². The number of carbonyl (C=O) groups is 1. The molecule has 0 radical (unpaired) electrons. The van der Waals surface area contributed by atoms with Gasteiger partial charge in [-0.25, -0.2) is 0 Å². The first-order chi connectivity index (χ1) is 15.8. The van der Waals surface area contributed by atoms with Crippen molar-refractivity contribution in [3.05, 3.63) is 24.3 Å². The highest BCUT2D eigenvalue weighted by atomic mass is 16.3. The van der Waals surface area contributed by atoms with Crippen molar-refractivity contribution in [3.63, 3.8) is 0 Å². The summed E-state index contributed by atoms with van der Waals surface area (Å²) < 4.78 is 0. The molecule has 6 unspecified atom stereocenters. The van der Waals surface area contributed by atoms with Crippen LogP contribution in [0.1, 0.15) is 52.4 Å². The van der Waals surface area contributed by atoms with Gasteiger partial charge in [-0.15, -0.1) is 0 Å². The largest absolute Gasteiger partial charge is 0.393 e. The summed E-state index contributed by atoms with van der Waals surface area (Å²) in [6.45, 7) is 14.4. The first-order valence-corrected chi connectivity index (χ1v) is 13.1. The number of nitrogens with zero attached hydrogens (tertiary/aromatic N) is 2. The van der Waals surface area contributed by atoms with E-state index in [-0.39, 0.29) is 53.5 Å². The zero-order valence-corrected chi connectivity index (χ0v) is 20.5. The van der Waals surface area contributed by atoms with Crippen LogP contribution in [0.4, 0.5) is 0 Å². The van der Waals surface area contributed by atoms with Crippen LogP contribution in [0.2, 0.25) is 0 Å². The summed E-state index contributed by atoms with van der Waals surface area (Å²) >= 11 is 0. The molecule has 3 N–H and O–H groups in total. The van der Waals surface area contributed by atoms with E-state index in [4.69, 9.17) is 5.41 Å². The van der Waals surface area contributed by atoms with E-state index in [0.717, 1.165) is 31.8 Å². The van der Waals surface area contributed by atoms with E-state index in [1.807, 2.05) is 0 Å². The van der Waals surface area contributed by atoms with Crippen LogP contribution >= 0.6 is 0 Å². The van der Waals surface area contributed by atoms with Crippen LogP contribution in [0, 0.1) is 35.0 Å². The predicted molar refractivity (Wildman–Crippen MR) is 131 cm³/mol. The molecule has 33 heavy (non-hydrogen) atoms. The second kappa shape index (κ2) is 10.5. The Balaban J connectivity index is 1.50. The maximum absolute atomic E-state index is 13.0. The lowest BCUT2D eigenvalue weighted by atomic mass is 9.57. The Labute approximate surface area is 199 Å². The van der Waals surface area contributed by atoms with Gasteiger partial charge in [0.1, 0.15) is 0 Å². The van der Waals surface area contributed by atoms with E-state index in [1.165, 1.54) is 19.4 Å². The summed E-state index contributed by atoms with van der Waals surface area (Å²) in [5, 5.41) is 29.9. The summed E-state index contributed by atoms with van der Waals surface area (Å²) in [4.78, 5) is 18.1. The van der Waals surface area contributed by atoms with Crippen LogP contribution in [0.3, 0.4) is 0 Å². The van der Waals surface area contributed by atoms with Gasteiger partial charge in [-0.3, -0.25) is 9.69 Å². The fraction of sp³-hybridized carbons (Fsp3) is 0.778. The smallest absolute Gasteiger partial charge is 0.179 e. The Morgan fingerprint density at radius 2 is 1.85 bits per heavy atom. The lowest BCUT2D eigenvalue weighted by Crippen LogP contribution is -2.58. The quantitative estimate of drug-likeness (QED) is 0.436. The van der Waals surface area contributed by atoms with E-state index in [2.05, 4.69) is 42.4 Å². The first-order valence-electron chi connectivity index (χ1n) is 13.1. The molecule has 6 nitrogen and oxygen atoms in total. The Hall–Kier alpha value is -1.34. The molecule has 0 amide bonds. The highest BCUT2D eigenvalue weighted by Gasteiger charge is 2.51. The molecule has 184 valence electrons. The summed E-state index contributed by atoms with van der Waals surface area (Å²) in [7, 11) is 0. The molecule has 0 spiro atoms. The molecule has 3 aliphatic carbocycles. The third kappa shape index (κ3) is 5.04. The van der Waals surface area contributed by atoms with Crippen molar-refractivity contribution in [2.75, 3.05) is 32.7 Å². The van der Waals surface area contributed by atoms with E-state index in [9.17, 15) is 15.0 Å². The third-order valence-corrected chi connectivity index (χ3v) is 8.86. The lowest BCUT2D eigenvalue weighted by molar-refractivity contribution is -0.123. The minimum Gasteiger partial charge on any atom is -0.393 e. The molecule has 1 heterocycles. The molecule has 0 bridgehead atoms. The molecular weight excluding hydrogens is 414 g/mol. The summed E-state index contributed by atoms with van der Waals surface area (Å²) in [5.41, 5.74) is 1.16. The highest BCUT2D eigenvalue weighted by Crippen LogP contribution is 2.50. The van der Waals surface area contributed by atoms with E-state index in [1.54, 1.807) is 0 Å². The molecule has 4 rings (SSSR count). The summed E-state index contributed by atoms with van der Waals surface area (Å²) in [6.07, 6.45) is 7.70. The molecule has 0 aromatic heterocycles. The number of nitrogens with one attached hydrogen (secondary N) is 1. The topological polar surface area (TPSA) is 87.9 Å². The van der Waals surface area contributed by atoms with Gasteiger partial charge in [0, 0.05) is 50.5 Å². The van der Waals surface area contributed by atoms with Gasteiger partial charge in [-0.05, 0) is 50.0 Å². The SMILES string of the molecule is C=C1CC(C2CCC(O)CC(=N)C2=O)C(O)[C@@H]2C1C(N1CCN(CCCC)CC1)C=C[C@@H]2C. The van der Waals surface area contributed by atoms with Gasteiger partial charge in [0.2, 0.25) is 0 Å². The van der Waals surface area contributed by atoms with Gasteiger partial charge in [0.25, 0.3) is 0 Å². The van der Waals surface area contributed by atoms with Gasteiger partial charge < -0.3 is 20.5 Å². The zero-order valence-electron chi connectivity index (χ0n) is 20.5. The van der Waals surface area contributed by atoms with Crippen molar-refractivity contribution >= 4 is 11.5 Å². The average Bonchev–Trinajstić information content (AvgIpc) is 2.92. The molecule has 2 saturated carbocycles. The van der Waals surface area contributed by atoms with Gasteiger partial charge in [0.05, 0.1) is 17.9 Å². The number of unbranched alkanes of at least 4 members (excludes halogenated alkanes) is 1. The van der Waals surface area contributed by atoms with Crippen LogP contribution in [-0.2, 0) is 4.79 Å². The van der Waals surface area contributed by atoms with Crippen molar-refractivity contribution < 1.29 is 15.0 Å². The average molecular weight is 458 g/mol. The molecular formula is C27H43N3O3. The number of carbonyl (C=O) groups excluding carboxylic acids is 1. The third-order valence-electron chi connectivity index (χ3n) is 8.86. The van der Waals surface area contributed by atoms with Crippen LogP contribution in [-0.4, -0.2) is 82.5 Å². The Morgan fingerprint density at radius 1 is 1.12 bits per heavy atom. The number of rotatable bonds is 5. The van der Waals surface area contributed by atoms with Crippen LogP contribution in [0.15, 0.2) is 24.3 Å². The number of ketones is 1.